The molecule has 3 rings (SSSR count). The molecule has 140 valence electrons. The molecule has 2 aromatic rings. The van der Waals surface area contributed by atoms with Gasteiger partial charge >= 0.3 is 5.97 Å². The molecular weight excluding hydrogens is 366 g/mol. The topological polar surface area (TPSA) is 92.3 Å². The average molecular weight is 385 g/mol. The van der Waals surface area contributed by atoms with Crippen molar-refractivity contribution in [2.75, 3.05) is 12.9 Å². The maximum absolute atomic E-state index is 12.0. The Morgan fingerprint density at radius 3 is 2.37 bits per heavy atom. The predicted octanol–water partition coefficient (Wildman–Crippen LogP) is 0.741. The van der Waals surface area contributed by atoms with Crippen molar-refractivity contribution in [1.82, 2.24) is 0 Å². The summed E-state index contributed by atoms with van der Waals surface area (Å²) in [6, 6.07) is 13.9. The first kappa shape index (κ1) is 19.0. The number of hydrogen-bond donors (Lipinski definition) is 1. The van der Waals surface area contributed by atoms with Crippen molar-refractivity contribution < 1.29 is 29.5 Å². The lowest BCUT2D eigenvalue weighted by Gasteiger charge is -2.11. The molecule has 7 heteroatoms. The number of carboxylic acid groups (broad SMARTS) is 1. The largest absolute Gasteiger partial charge is 0.544 e. The van der Waals surface area contributed by atoms with E-state index in [1.807, 2.05) is 36.4 Å². The van der Waals surface area contributed by atoms with E-state index < -0.39 is 18.0 Å². The van der Waals surface area contributed by atoms with E-state index in [4.69, 9.17) is 9.47 Å². The van der Waals surface area contributed by atoms with Crippen molar-refractivity contribution in [1.29, 1.82) is 0 Å². The zero-order chi connectivity index (χ0) is 19.2. The predicted molar refractivity (Wildman–Crippen MR) is 100 cm³/mol. The number of carboxylic acids is 1. The SMILES string of the molecule is COc1ccc(/C=C\C(=O)Oc2ccc([C@@H]3[NH2+][C@H](C(=O)[O-])CS3)cc2)cc1. The molecule has 1 aliphatic heterocycles. The fourth-order valence-electron chi connectivity index (χ4n) is 2.64. The summed E-state index contributed by atoms with van der Waals surface area (Å²) >= 11 is 1.56. The van der Waals surface area contributed by atoms with E-state index in [9.17, 15) is 14.7 Å². The molecule has 2 N–H and O–H groups in total. The molecule has 0 aliphatic carbocycles. The summed E-state index contributed by atoms with van der Waals surface area (Å²) in [7, 11) is 1.60. The summed E-state index contributed by atoms with van der Waals surface area (Å²) in [5, 5.41) is 12.7. The smallest absolute Gasteiger partial charge is 0.336 e. The molecule has 0 spiro atoms. The molecule has 0 amide bonds. The Morgan fingerprint density at radius 1 is 1.11 bits per heavy atom. The first-order valence-corrected chi connectivity index (χ1v) is 9.41. The number of hydrogen-bond acceptors (Lipinski definition) is 6. The molecule has 6 nitrogen and oxygen atoms in total. The van der Waals surface area contributed by atoms with Crippen molar-refractivity contribution in [3.8, 4) is 11.5 Å². The van der Waals surface area contributed by atoms with Gasteiger partial charge in [0.2, 0.25) is 0 Å². The second kappa shape index (κ2) is 8.75. The van der Waals surface area contributed by atoms with E-state index in [1.165, 1.54) is 6.08 Å². The monoisotopic (exact) mass is 385 g/mol. The third-order valence-electron chi connectivity index (χ3n) is 4.12. The Hall–Kier alpha value is -2.77. The standard InChI is InChI=1S/C20H19NO5S/c1-25-15-7-2-13(3-8-15)4-11-18(22)26-16-9-5-14(6-10-16)19-21-17(12-27-19)20(23)24/h2-11,17,19,21H,12H2,1H3,(H,23,24)/b11-4-/t17-,19+/m0/s1. The fraction of sp³-hybridized carbons (Fsp3) is 0.200. The summed E-state index contributed by atoms with van der Waals surface area (Å²) in [6.45, 7) is 0. The second-order valence-electron chi connectivity index (χ2n) is 5.97. The number of thioether (sulfide) groups is 1. The number of esters is 1. The van der Waals surface area contributed by atoms with Crippen LogP contribution in [0.5, 0.6) is 11.5 Å². The Bertz CT molecular complexity index is 832. The van der Waals surface area contributed by atoms with Crippen LogP contribution in [0.2, 0.25) is 0 Å². The van der Waals surface area contributed by atoms with Gasteiger partial charge in [-0.2, -0.15) is 0 Å². The third kappa shape index (κ3) is 5.12. The molecule has 1 saturated heterocycles. The van der Waals surface area contributed by atoms with Gasteiger partial charge < -0.3 is 24.7 Å². The normalized spacial score (nSPS) is 19.1. The van der Waals surface area contributed by atoms with Crippen LogP contribution in [0.3, 0.4) is 0 Å². The number of nitrogens with two attached hydrogens (primary N) is 1. The van der Waals surface area contributed by atoms with E-state index in [1.54, 1.807) is 42.4 Å². The zero-order valence-corrected chi connectivity index (χ0v) is 15.5. The van der Waals surface area contributed by atoms with Crippen LogP contribution in [0.25, 0.3) is 6.08 Å². The van der Waals surface area contributed by atoms with Crippen LogP contribution in [0, 0.1) is 0 Å². The van der Waals surface area contributed by atoms with E-state index in [-0.39, 0.29) is 5.37 Å². The van der Waals surface area contributed by atoms with Crippen molar-refractivity contribution in [2.24, 2.45) is 0 Å². The highest BCUT2D eigenvalue weighted by molar-refractivity contribution is 7.99. The summed E-state index contributed by atoms with van der Waals surface area (Å²) < 4.78 is 10.4. The number of rotatable bonds is 6. The lowest BCUT2D eigenvalue weighted by Crippen LogP contribution is -2.90. The van der Waals surface area contributed by atoms with Gasteiger partial charge in [-0.15, -0.1) is 0 Å². The first-order valence-electron chi connectivity index (χ1n) is 8.36. The molecule has 0 saturated carbocycles. The lowest BCUT2D eigenvalue weighted by molar-refractivity contribution is -0.690. The Labute approximate surface area is 161 Å². The van der Waals surface area contributed by atoms with E-state index in [0.717, 1.165) is 16.9 Å². The molecule has 1 heterocycles. The van der Waals surface area contributed by atoms with Gasteiger partial charge in [0.05, 0.1) is 12.9 Å². The van der Waals surface area contributed by atoms with Crippen molar-refractivity contribution in [3.63, 3.8) is 0 Å². The molecule has 0 radical (unpaired) electrons. The van der Waals surface area contributed by atoms with Gasteiger partial charge in [0.1, 0.15) is 23.5 Å². The molecule has 2 atom stereocenters. The minimum absolute atomic E-state index is 0.00705. The molecule has 1 aliphatic rings. The highest BCUT2D eigenvalue weighted by atomic mass is 32.2. The summed E-state index contributed by atoms with van der Waals surface area (Å²) in [5.74, 6) is 0.178. The number of ether oxygens (including phenoxy) is 2. The average Bonchev–Trinajstić information content (AvgIpc) is 3.18. The number of aliphatic carboxylic acids is 1. The van der Waals surface area contributed by atoms with Crippen molar-refractivity contribution in [2.45, 2.75) is 11.4 Å². The second-order valence-corrected chi connectivity index (χ2v) is 7.14. The Balaban J connectivity index is 1.55. The molecule has 27 heavy (non-hydrogen) atoms. The fourth-order valence-corrected chi connectivity index (χ4v) is 3.95. The Kier molecular flexibility index (Phi) is 6.16. The molecule has 0 aromatic heterocycles. The van der Waals surface area contributed by atoms with Crippen LogP contribution >= 0.6 is 11.8 Å². The van der Waals surface area contributed by atoms with Crippen molar-refractivity contribution >= 4 is 29.8 Å². The number of methoxy groups -OCH3 is 1. The first-order chi connectivity index (χ1) is 13.0. The van der Waals surface area contributed by atoms with Gasteiger partial charge in [0.25, 0.3) is 0 Å². The summed E-state index contributed by atoms with van der Waals surface area (Å²) in [6.07, 6.45) is 3.03. The van der Waals surface area contributed by atoms with Crippen LogP contribution in [0.15, 0.2) is 54.6 Å². The highest BCUT2D eigenvalue weighted by Crippen LogP contribution is 2.28. The van der Waals surface area contributed by atoms with Crippen LogP contribution in [-0.2, 0) is 9.59 Å². The van der Waals surface area contributed by atoms with Gasteiger partial charge in [-0.05, 0) is 48.0 Å². The lowest BCUT2D eigenvalue weighted by atomic mass is 10.2. The molecular formula is C20H19NO5S. The van der Waals surface area contributed by atoms with Gasteiger partial charge in [-0.3, -0.25) is 0 Å². The highest BCUT2D eigenvalue weighted by Gasteiger charge is 2.30. The minimum Gasteiger partial charge on any atom is -0.544 e. The minimum atomic E-state index is -1.04. The van der Waals surface area contributed by atoms with Crippen LogP contribution in [0.1, 0.15) is 16.5 Å². The van der Waals surface area contributed by atoms with Gasteiger partial charge in [-0.1, -0.05) is 23.9 Å². The van der Waals surface area contributed by atoms with Crippen LogP contribution in [0.4, 0.5) is 0 Å². The summed E-state index contributed by atoms with van der Waals surface area (Å²) in [4.78, 5) is 22.9. The summed E-state index contributed by atoms with van der Waals surface area (Å²) in [5.41, 5.74) is 1.83. The van der Waals surface area contributed by atoms with E-state index in [2.05, 4.69) is 0 Å². The molecule has 0 unspecified atom stereocenters. The maximum Gasteiger partial charge on any atom is 0.336 e. The maximum atomic E-state index is 12.0. The third-order valence-corrected chi connectivity index (χ3v) is 5.46. The zero-order valence-electron chi connectivity index (χ0n) is 14.7. The van der Waals surface area contributed by atoms with Crippen LogP contribution in [-0.4, -0.2) is 30.8 Å². The Morgan fingerprint density at radius 2 is 1.78 bits per heavy atom. The quantitative estimate of drug-likeness (QED) is 0.448. The van der Waals surface area contributed by atoms with E-state index >= 15 is 0 Å². The molecule has 2 aromatic carbocycles. The van der Waals surface area contributed by atoms with Gasteiger partial charge in [0, 0.05) is 11.6 Å². The number of carbonyl (C=O) groups excluding carboxylic acids is 2. The van der Waals surface area contributed by atoms with Gasteiger partial charge in [0.15, 0.2) is 5.37 Å². The van der Waals surface area contributed by atoms with Crippen molar-refractivity contribution in [3.05, 3.63) is 65.7 Å². The molecule has 1 fully saturated rings. The molecule has 0 bridgehead atoms. The number of benzene rings is 2. The number of carbonyl (C=O) groups is 2. The number of quaternary nitrogens is 1. The van der Waals surface area contributed by atoms with Crippen LogP contribution < -0.4 is 19.9 Å². The van der Waals surface area contributed by atoms with Gasteiger partial charge in [-0.25, -0.2) is 4.79 Å². The van der Waals surface area contributed by atoms with E-state index in [0.29, 0.717) is 11.5 Å².